The number of nitrogens with zero attached hydrogens (tertiary/aromatic N) is 1. The van der Waals surface area contributed by atoms with Gasteiger partial charge in [0.05, 0.1) is 6.61 Å². The van der Waals surface area contributed by atoms with Gasteiger partial charge in [-0.3, -0.25) is 4.90 Å². The Morgan fingerprint density at radius 1 is 1.25 bits per heavy atom. The maximum absolute atomic E-state index is 9.39. The number of likely N-dealkylation sites (tertiary alicyclic amines) is 1. The van der Waals surface area contributed by atoms with E-state index in [4.69, 9.17) is 5.73 Å². The van der Waals surface area contributed by atoms with Gasteiger partial charge in [0.1, 0.15) is 0 Å². The van der Waals surface area contributed by atoms with Gasteiger partial charge in [0.15, 0.2) is 0 Å². The summed E-state index contributed by atoms with van der Waals surface area (Å²) in [6.45, 7) is 8.99. The smallest absolute Gasteiger partial charge is 0.0601 e. The average molecular weight is 228 g/mol. The van der Waals surface area contributed by atoms with E-state index in [2.05, 4.69) is 18.7 Å². The second kappa shape index (κ2) is 6.58. The fourth-order valence-electron chi connectivity index (χ4n) is 2.76. The number of nitrogens with two attached hydrogens (primary N) is 1. The molecule has 3 unspecified atom stereocenters. The Labute approximate surface area is 100 Å². The summed E-state index contributed by atoms with van der Waals surface area (Å²) >= 11 is 0. The van der Waals surface area contributed by atoms with E-state index in [0.29, 0.717) is 0 Å². The third kappa shape index (κ3) is 3.72. The van der Waals surface area contributed by atoms with Gasteiger partial charge in [-0.2, -0.15) is 0 Å². The molecule has 3 atom stereocenters. The van der Waals surface area contributed by atoms with E-state index >= 15 is 0 Å². The summed E-state index contributed by atoms with van der Waals surface area (Å²) in [5, 5.41) is 9.39. The number of rotatable bonds is 4. The van der Waals surface area contributed by atoms with Crippen LogP contribution in [0, 0.1) is 11.8 Å². The van der Waals surface area contributed by atoms with Gasteiger partial charge in [0.25, 0.3) is 0 Å². The van der Waals surface area contributed by atoms with Gasteiger partial charge in [-0.1, -0.05) is 13.8 Å². The zero-order valence-corrected chi connectivity index (χ0v) is 11.0. The van der Waals surface area contributed by atoms with Gasteiger partial charge in [0, 0.05) is 12.1 Å². The maximum atomic E-state index is 9.39. The summed E-state index contributed by atoms with van der Waals surface area (Å²) in [5.74, 6) is 1.63. The van der Waals surface area contributed by atoms with Gasteiger partial charge in [-0.15, -0.1) is 0 Å². The number of hydrogen-bond donors (Lipinski definition) is 2. The average Bonchev–Trinajstić information content (AvgIpc) is 2.44. The van der Waals surface area contributed by atoms with Crippen molar-refractivity contribution in [1.29, 1.82) is 0 Å². The molecule has 0 aliphatic carbocycles. The van der Waals surface area contributed by atoms with Crippen LogP contribution in [0.15, 0.2) is 0 Å². The Hall–Kier alpha value is -0.120. The summed E-state index contributed by atoms with van der Waals surface area (Å²) in [5.41, 5.74) is 5.92. The van der Waals surface area contributed by atoms with Gasteiger partial charge in [-0.25, -0.2) is 0 Å². The molecule has 1 saturated heterocycles. The van der Waals surface area contributed by atoms with Crippen molar-refractivity contribution in [2.75, 3.05) is 19.7 Å². The Kier molecular flexibility index (Phi) is 5.73. The standard InChI is InChI=1S/C13H28N2O/c1-10(2)12-5-4-7-15(8-6-12)13(9-16)11(3)14/h10-13,16H,4-9,14H2,1-3H3. The van der Waals surface area contributed by atoms with Crippen LogP contribution in [0.3, 0.4) is 0 Å². The predicted octanol–water partition coefficient (Wildman–Crippen LogP) is 1.45. The SMILES string of the molecule is CC(C)C1CCCN(C(CO)C(C)N)CC1. The Morgan fingerprint density at radius 2 is 1.94 bits per heavy atom. The van der Waals surface area contributed by atoms with Gasteiger partial charge in [0.2, 0.25) is 0 Å². The molecule has 0 aromatic rings. The molecule has 0 radical (unpaired) electrons. The molecule has 0 saturated carbocycles. The van der Waals surface area contributed by atoms with Crippen molar-refractivity contribution in [3.8, 4) is 0 Å². The zero-order valence-electron chi connectivity index (χ0n) is 11.0. The molecule has 0 spiro atoms. The third-order valence-corrected chi connectivity index (χ3v) is 4.01. The van der Waals surface area contributed by atoms with E-state index < -0.39 is 0 Å². The highest BCUT2D eigenvalue weighted by Gasteiger charge is 2.25. The molecule has 1 aliphatic rings. The normalized spacial score (nSPS) is 27.8. The largest absolute Gasteiger partial charge is 0.395 e. The molecule has 1 aliphatic heterocycles. The molecule has 0 aromatic heterocycles. The van der Waals surface area contributed by atoms with Crippen LogP contribution in [0.5, 0.6) is 0 Å². The van der Waals surface area contributed by atoms with E-state index in [9.17, 15) is 5.11 Å². The van der Waals surface area contributed by atoms with Gasteiger partial charge < -0.3 is 10.8 Å². The Balaban J connectivity index is 2.51. The van der Waals surface area contributed by atoms with Crippen molar-refractivity contribution < 1.29 is 5.11 Å². The first-order valence-electron chi connectivity index (χ1n) is 6.66. The summed E-state index contributed by atoms with van der Waals surface area (Å²) < 4.78 is 0. The van der Waals surface area contributed by atoms with Crippen LogP contribution in [-0.2, 0) is 0 Å². The predicted molar refractivity (Wildman–Crippen MR) is 68.3 cm³/mol. The minimum absolute atomic E-state index is 0.0561. The van der Waals surface area contributed by atoms with Crippen molar-refractivity contribution in [3.05, 3.63) is 0 Å². The molecule has 3 heteroatoms. The second-order valence-corrected chi connectivity index (χ2v) is 5.58. The van der Waals surface area contributed by atoms with Crippen LogP contribution < -0.4 is 5.73 Å². The molecule has 1 heterocycles. The van der Waals surface area contributed by atoms with E-state index in [1.54, 1.807) is 0 Å². The molecule has 0 aromatic carbocycles. The van der Waals surface area contributed by atoms with E-state index in [1.807, 2.05) is 6.92 Å². The van der Waals surface area contributed by atoms with Crippen LogP contribution in [-0.4, -0.2) is 41.8 Å². The minimum atomic E-state index is 0.0561. The molecular weight excluding hydrogens is 200 g/mol. The maximum Gasteiger partial charge on any atom is 0.0601 e. The first-order valence-corrected chi connectivity index (χ1v) is 6.66. The van der Waals surface area contributed by atoms with Gasteiger partial charge >= 0.3 is 0 Å². The highest BCUT2D eigenvalue weighted by Crippen LogP contribution is 2.25. The topological polar surface area (TPSA) is 49.5 Å². The summed E-state index contributed by atoms with van der Waals surface area (Å²) in [6.07, 6.45) is 3.82. The summed E-state index contributed by atoms with van der Waals surface area (Å²) in [7, 11) is 0. The molecule has 0 bridgehead atoms. The first-order chi connectivity index (χ1) is 7.56. The van der Waals surface area contributed by atoms with Crippen molar-refractivity contribution in [1.82, 2.24) is 4.90 Å². The highest BCUT2D eigenvalue weighted by atomic mass is 16.3. The van der Waals surface area contributed by atoms with Crippen molar-refractivity contribution in [3.63, 3.8) is 0 Å². The Bertz CT molecular complexity index is 194. The summed E-state index contributed by atoms with van der Waals surface area (Å²) in [6, 6.07) is 0.200. The van der Waals surface area contributed by atoms with Crippen LogP contribution >= 0.6 is 0 Å². The third-order valence-electron chi connectivity index (χ3n) is 4.01. The number of hydrogen-bond acceptors (Lipinski definition) is 3. The molecule has 3 N–H and O–H groups in total. The lowest BCUT2D eigenvalue weighted by Gasteiger charge is -2.32. The highest BCUT2D eigenvalue weighted by molar-refractivity contribution is 4.82. The van der Waals surface area contributed by atoms with Crippen LogP contribution in [0.4, 0.5) is 0 Å². The number of aliphatic hydroxyl groups excluding tert-OH is 1. The molecule has 96 valence electrons. The zero-order chi connectivity index (χ0) is 12.1. The lowest BCUT2D eigenvalue weighted by atomic mass is 9.89. The molecule has 1 rings (SSSR count). The first kappa shape index (κ1) is 13.9. The molecule has 0 amide bonds. The lowest BCUT2D eigenvalue weighted by molar-refractivity contribution is 0.109. The van der Waals surface area contributed by atoms with Crippen LogP contribution in [0.2, 0.25) is 0 Å². The van der Waals surface area contributed by atoms with Crippen molar-refractivity contribution >= 4 is 0 Å². The van der Waals surface area contributed by atoms with E-state index in [-0.39, 0.29) is 18.7 Å². The molecule has 1 fully saturated rings. The summed E-state index contributed by atoms with van der Waals surface area (Å²) in [4.78, 5) is 2.38. The number of aliphatic hydroxyl groups is 1. The Morgan fingerprint density at radius 3 is 2.44 bits per heavy atom. The van der Waals surface area contributed by atoms with E-state index in [0.717, 1.165) is 24.9 Å². The quantitative estimate of drug-likeness (QED) is 0.766. The fraction of sp³-hybridized carbons (Fsp3) is 1.00. The lowest BCUT2D eigenvalue weighted by Crippen LogP contribution is -2.49. The molecule has 16 heavy (non-hydrogen) atoms. The van der Waals surface area contributed by atoms with Crippen molar-refractivity contribution in [2.45, 2.75) is 52.1 Å². The van der Waals surface area contributed by atoms with Gasteiger partial charge in [-0.05, 0) is 51.1 Å². The fourth-order valence-corrected chi connectivity index (χ4v) is 2.76. The van der Waals surface area contributed by atoms with Crippen LogP contribution in [0.25, 0.3) is 0 Å². The minimum Gasteiger partial charge on any atom is -0.395 e. The monoisotopic (exact) mass is 228 g/mol. The van der Waals surface area contributed by atoms with Crippen molar-refractivity contribution in [2.24, 2.45) is 17.6 Å². The van der Waals surface area contributed by atoms with Crippen LogP contribution in [0.1, 0.15) is 40.0 Å². The molecule has 3 nitrogen and oxygen atoms in total. The second-order valence-electron chi connectivity index (χ2n) is 5.58. The molecular formula is C13H28N2O. The van der Waals surface area contributed by atoms with E-state index in [1.165, 1.54) is 19.3 Å².